The summed E-state index contributed by atoms with van der Waals surface area (Å²) in [6.07, 6.45) is 4.94. The molecule has 1 saturated heterocycles. The molecular formula is C17H24N2O. The van der Waals surface area contributed by atoms with Crippen LogP contribution in [0, 0.1) is 0 Å². The number of benzene rings is 1. The van der Waals surface area contributed by atoms with E-state index in [1.165, 1.54) is 12.0 Å². The van der Waals surface area contributed by atoms with Crippen molar-refractivity contribution in [1.29, 1.82) is 0 Å². The van der Waals surface area contributed by atoms with Gasteiger partial charge in [0.2, 0.25) is 0 Å². The highest BCUT2D eigenvalue weighted by atomic mass is 16.1. The Kier molecular flexibility index (Phi) is 5.36. The highest BCUT2D eigenvalue weighted by Gasteiger charge is 2.23. The van der Waals surface area contributed by atoms with E-state index < -0.39 is 0 Å². The van der Waals surface area contributed by atoms with Crippen LogP contribution in [-0.4, -0.2) is 36.5 Å². The summed E-state index contributed by atoms with van der Waals surface area (Å²) in [7, 11) is 0. The largest absolute Gasteiger partial charge is 0.348 e. The van der Waals surface area contributed by atoms with Gasteiger partial charge in [-0.15, -0.1) is 6.58 Å². The van der Waals surface area contributed by atoms with Gasteiger partial charge in [0.1, 0.15) is 0 Å². The average Bonchev–Trinajstić information content (AvgIpc) is 2.88. The van der Waals surface area contributed by atoms with E-state index in [9.17, 15) is 4.79 Å². The van der Waals surface area contributed by atoms with E-state index in [-0.39, 0.29) is 5.91 Å². The molecule has 108 valence electrons. The third kappa shape index (κ3) is 3.94. The third-order valence-electron chi connectivity index (χ3n) is 3.74. The molecule has 3 heteroatoms. The number of hydrogen-bond acceptors (Lipinski definition) is 2. The summed E-state index contributed by atoms with van der Waals surface area (Å²) >= 11 is 0. The van der Waals surface area contributed by atoms with E-state index in [0.29, 0.717) is 6.04 Å². The number of nitrogens with zero attached hydrogens (tertiary/aromatic N) is 1. The first kappa shape index (κ1) is 14.8. The van der Waals surface area contributed by atoms with Crippen LogP contribution < -0.4 is 5.32 Å². The molecule has 20 heavy (non-hydrogen) atoms. The van der Waals surface area contributed by atoms with E-state index in [4.69, 9.17) is 0 Å². The maximum Gasteiger partial charge on any atom is 0.251 e. The molecule has 0 radical (unpaired) electrons. The first-order chi connectivity index (χ1) is 9.72. The van der Waals surface area contributed by atoms with Crippen molar-refractivity contribution in [3.63, 3.8) is 0 Å². The minimum absolute atomic E-state index is 0.0403. The van der Waals surface area contributed by atoms with E-state index >= 15 is 0 Å². The quantitative estimate of drug-likeness (QED) is 0.807. The summed E-state index contributed by atoms with van der Waals surface area (Å²) in [6.45, 7) is 9.11. The van der Waals surface area contributed by atoms with Gasteiger partial charge in [0.15, 0.2) is 0 Å². The van der Waals surface area contributed by atoms with Crippen LogP contribution in [-0.2, 0) is 6.42 Å². The van der Waals surface area contributed by atoms with Gasteiger partial charge in [0, 0.05) is 24.7 Å². The summed E-state index contributed by atoms with van der Waals surface area (Å²) in [6, 6.07) is 8.07. The Balaban J connectivity index is 1.87. The lowest BCUT2D eigenvalue weighted by molar-refractivity contribution is 0.0938. The van der Waals surface area contributed by atoms with Crippen molar-refractivity contribution in [1.82, 2.24) is 10.2 Å². The second kappa shape index (κ2) is 7.25. The fraction of sp³-hybridized carbons (Fsp3) is 0.471. The van der Waals surface area contributed by atoms with E-state index in [1.54, 1.807) is 0 Å². The zero-order valence-electron chi connectivity index (χ0n) is 12.3. The zero-order chi connectivity index (χ0) is 14.4. The molecule has 0 aromatic heterocycles. The number of rotatable bonds is 6. The van der Waals surface area contributed by atoms with Crippen molar-refractivity contribution in [2.45, 2.75) is 32.2 Å². The van der Waals surface area contributed by atoms with Gasteiger partial charge in [-0.2, -0.15) is 0 Å². The van der Waals surface area contributed by atoms with Crippen molar-refractivity contribution in [3.8, 4) is 0 Å². The Hall–Kier alpha value is -1.61. The van der Waals surface area contributed by atoms with Crippen molar-refractivity contribution in [2.75, 3.05) is 19.6 Å². The normalized spacial score (nSPS) is 18.9. The lowest BCUT2D eigenvalue weighted by Gasteiger charge is -2.15. The smallest absolute Gasteiger partial charge is 0.251 e. The van der Waals surface area contributed by atoms with E-state index in [0.717, 1.165) is 38.0 Å². The molecule has 3 nitrogen and oxygen atoms in total. The fourth-order valence-electron chi connectivity index (χ4n) is 2.70. The molecule has 1 aliphatic heterocycles. The van der Waals surface area contributed by atoms with Gasteiger partial charge < -0.3 is 10.2 Å². The third-order valence-corrected chi connectivity index (χ3v) is 3.74. The van der Waals surface area contributed by atoms with Gasteiger partial charge in [-0.3, -0.25) is 4.79 Å². The summed E-state index contributed by atoms with van der Waals surface area (Å²) in [5.41, 5.74) is 1.93. The van der Waals surface area contributed by atoms with Crippen LogP contribution in [0.25, 0.3) is 0 Å². The van der Waals surface area contributed by atoms with Gasteiger partial charge in [0.05, 0.1) is 0 Å². The summed E-state index contributed by atoms with van der Waals surface area (Å²) < 4.78 is 0. The molecule has 0 unspecified atom stereocenters. The van der Waals surface area contributed by atoms with Crippen LogP contribution in [0.4, 0.5) is 0 Å². The molecule has 1 aliphatic rings. The minimum Gasteiger partial charge on any atom is -0.348 e. The number of carbonyl (C=O) groups excluding carboxylic acids is 1. The Morgan fingerprint density at radius 2 is 2.20 bits per heavy atom. The van der Waals surface area contributed by atoms with Crippen LogP contribution in [0.2, 0.25) is 0 Å². The van der Waals surface area contributed by atoms with Crippen molar-refractivity contribution < 1.29 is 4.79 Å². The fourth-order valence-corrected chi connectivity index (χ4v) is 2.70. The Morgan fingerprint density at radius 3 is 2.85 bits per heavy atom. The van der Waals surface area contributed by atoms with Gasteiger partial charge >= 0.3 is 0 Å². The van der Waals surface area contributed by atoms with Gasteiger partial charge in [0.25, 0.3) is 5.91 Å². The molecule has 2 rings (SSSR count). The first-order valence-corrected chi connectivity index (χ1v) is 7.46. The molecule has 0 spiro atoms. The Bertz CT molecular complexity index is 453. The van der Waals surface area contributed by atoms with Gasteiger partial charge in [-0.05, 0) is 43.5 Å². The van der Waals surface area contributed by atoms with Crippen molar-refractivity contribution in [3.05, 3.63) is 48.0 Å². The molecular weight excluding hydrogens is 248 g/mol. The molecule has 0 aliphatic carbocycles. The van der Waals surface area contributed by atoms with Crippen molar-refractivity contribution in [2.24, 2.45) is 0 Å². The topological polar surface area (TPSA) is 32.3 Å². The SMILES string of the molecule is C=CCc1ccc(C(=O)N[C@H]2CCN(CCC)C2)cc1. The van der Waals surface area contributed by atoms with Crippen LogP contribution >= 0.6 is 0 Å². The number of hydrogen-bond donors (Lipinski definition) is 1. The molecule has 1 atom stereocenters. The second-order valence-electron chi connectivity index (χ2n) is 5.45. The Morgan fingerprint density at radius 1 is 1.45 bits per heavy atom. The maximum atomic E-state index is 12.2. The predicted molar refractivity (Wildman–Crippen MR) is 82.9 cm³/mol. The zero-order valence-corrected chi connectivity index (χ0v) is 12.3. The molecule has 0 bridgehead atoms. The second-order valence-corrected chi connectivity index (χ2v) is 5.45. The Labute approximate surface area is 121 Å². The van der Waals surface area contributed by atoms with E-state index in [1.807, 2.05) is 30.3 Å². The predicted octanol–water partition coefficient (Wildman–Crippen LogP) is 2.63. The standard InChI is InChI=1S/C17H24N2O/c1-3-5-14-6-8-15(9-7-14)17(20)18-16-10-12-19(13-16)11-4-2/h3,6-9,16H,1,4-5,10-13H2,2H3,(H,18,20)/t16-/m0/s1. The number of amides is 1. The number of nitrogens with one attached hydrogen (secondary N) is 1. The summed E-state index contributed by atoms with van der Waals surface area (Å²) in [5.74, 6) is 0.0403. The minimum atomic E-state index is 0.0403. The molecule has 1 fully saturated rings. The molecule has 1 heterocycles. The highest BCUT2D eigenvalue weighted by molar-refractivity contribution is 5.94. The maximum absolute atomic E-state index is 12.2. The van der Waals surface area contributed by atoms with Crippen LogP contribution in [0.3, 0.4) is 0 Å². The first-order valence-electron chi connectivity index (χ1n) is 7.46. The highest BCUT2D eigenvalue weighted by Crippen LogP contribution is 2.11. The van der Waals surface area contributed by atoms with Crippen molar-refractivity contribution >= 4 is 5.91 Å². The molecule has 0 saturated carbocycles. The molecule has 1 aromatic rings. The monoisotopic (exact) mass is 272 g/mol. The number of allylic oxidation sites excluding steroid dienone is 1. The van der Waals surface area contributed by atoms with Gasteiger partial charge in [-0.25, -0.2) is 0 Å². The lowest BCUT2D eigenvalue weighted by atomic mass is 10.1. The average molecular weight is 272 g/mol. The number of carbonyl (C=O) groups is 1. The van der Waals surface area contributed by atoms with Crippen LogP contribution in [0.5, 0.6) is 0 Å². The van der Waals surface area contributed by atoms with Crippen LogP contribution in [0.15, 0.2) is 36.9 Å². The summed E-state index contributed by atoms with van der Waals surface area (Å²) in [4.78, 5) is 14.6. The van der Waals surface area contributed by atoms with Gasteiger partial charge in [-0.1, -0.05) is 25.1 Å². The molecule has 1 aromatic carbocycles. The molecule has 1 N–H and O–H groups in total. The van der Waals surface area contributed by atoms with Crippen LogP contribution in [0.1, 0.15) is 35.7 Å². The number of likely N-dealkylation sites (tertiary alicyclic amines) is 1. The lowest BCUT2D eigenvalue weighted by Crippen LogP contribution is -2.37. The summed E-state index contributed by atoms with van der Waals surface area (Å²) in [5, 5.41) is 3.13. The van der Waals surface area contributed by atoms with E-state index in [2.05, 4.69) is 23.7 Å². The molecule has 1 amide bonds.